The van der Waals surface area contributed by atoms with Crippen LogP contribution in [0.5, 0.6) is 0 Å². The number of aliphatic hydroxyl groups excluding tert-OH is 3. The fraction of sp³-hybridized carbons (Fsp3) is 0.750. The number of nitrogens with zero attached hydrogens (tertiary/aromatic N) is 3. The Balaban J connectivity index is 2.98. The second-order valence-electron chi connectivity index (χ2n) is 3.22. The molecule has 0 amide bonds. The second-order valence-corrected chi connectivity index (χ2v) is 3.22. The molecule has 14 heavy (non-hydrogen) atoms. The fourth-order valence-electron chi connectivity index (χ4n) is 1.51. The third kappa shape index (κ3) is 1.88. The van der Waals surface area contributed by atoms with Gasteiger partial charge in [-0.1, -0.05) is 18.1 Å². The van der Waals surface area contributed by atoms with E-state index in [1.54, 1.807) is 0 Å². The second kappa shape index (κ2) is 4.43. The van der Waals surface area contributed by atoms with Gasteiger partial charge in [-0.15, -0.1) is 0 Å². The molecule has 1 unspecified atom stereocenters. The minimum Gasteiger partial charge on any atom is -0.390 e. The van der Waals surface area contributed by atoms with Gasteiger partial charge >= 0.3 is 0 Å². The van der Waals surface area contributed by atoms with Gasteiger partial charge in [0.25, 0.3) is 0 Å². The number of rotatable bonds is 2. The van der Waals surface area contributed by atoms with Gasteiger partial charge in [0.05, 0.1) is 12.1 Å². The first-order valence-corrected chi connectivity index (χ1v) is 4.40. The van der Waals surface area contributed by atoms with Gasteiger partial charge in [-0.3, -0.25) is 0 Å². The van der Waals surface area contributed by atoms with E-state index in [1.165, 1.54) is 6.08 Å². The van der Waals surface area contributed by atoms with Crippen molar-refractivity contribution in [1.82, 2.24) is 0 Å². The minimum absolute atomic E-state index is 0.544. The molecule has 78 valence electrons. The van der Waals surface area contributed by atoms with Crippen molar-refractivity contribution in [1.29, 1.82) is 0 Å². The molecule has 0 aliphatic heterocycles. The zero-order valence-electron chi connectivity index (χ0n) is 7.78. The quantitative estimate of drug-likeness (QED) is 0.254. The Bertz CT molecular complexity index is 286. The molecule has 4 atom stereocenters. The molecular formula is C8H13N3O3. The van der Waals surface area contributed by atoms with E-state index in [0.717, 1.165) is 0 Å². The zero-order valence-corrected chi connectivity index (χ0v) is 7.78. The summed E-state index contributed by atoms with van der Waals surface area (Å²) in [4.78, 5) is 2.57. The lowest BCUT2D eigenvalue weighted by atomic mass is 9.87. The minimum atomic E-state index is -1.29. The molecule has 0 aromatic heterocycles. The monoisotopic (exact) mass is 199 g/mol. The number of aliphatic hydroxyl groups is 3. The van der Waals surface area contributed by atoms with Crippen LogP contribution in [-0.2, 0) is 0 Å². The highest BCUT2D eigenvalue weighted by Gasteiger charge is 2.35. The van der Waals surface area contributed by atoms with Crippen LogP contribution in [0.1, 0.15) is 13.3 Å². The highest BCUT2D eigenvalue weighted by molar-refractivity contribution is 5.21. The summed E-state index contributed by atoms with van der Waals surface area (Å²) in [5.74, 6) is 0. The summed E-state index contributed by atoms with van der Waals surface area (Å²) in [6.07, 6.45) is -1.55. The van der Waals surface area contributed by atoms with Crippen LogP contribution < -0.4 is 0 Å². The first-order valence-electron chi connectivity index (χ1n) is 4.40. The van der Waals surface area contributed by atoms with Crippen LogP contribution in [-0.4, -0.2) is 39.7 Å². The van der Waals surface area contributed by atoms with E-state index in [-0.39, 0.29) is 0 Å². The predicted molar refractivity (Wildman–Crippen MR) is 49.3 cm³/mol. The molecule has 1 aliphatic carbocycles. The molecule has 0 bridgehead atoms. The van der Waals surface area contributed by atoms with Crippen LogP contribution in [0.15, 0.2) is 16.8 Å². The van der Waals surface area contributed by atoms with Crippen molar-refractivity contribution in [3.8, 4) is 0 Å². The van der Waals surface area contributed by atoms with Crippen LogP contribution in [0.25, 0.3) is 10.4 Å². The molecule has 0 aromatic carbocycles. The van der Waals surface area contributed by atoms with Gasteiger partial charge in [-0.2, -0.15) is 0 Å². The van der Waals surface area contributed by atoms with Crippen molar-refractivity contribution in [2.75, 3.05) is 0 Å². The molecule has 1 aliphatic rings. The lowest BCUT2D eigenvalue weighted by molar-refractivity contribution is -0.0574. The van der Waals surface area contributed by atoms with Crippen LogP contribution in [0.3, 0.4) is 0 Å². The Hall–Kier alpha value is -1.07. The van der Waals surface area contributed by atoms with E-state index in [1.807, 2.05) is 6.92 Å². The lowest BCUT2D eigenvalue weighted by Gasteiger charge is -2.32. The maximum absolute atomic E-state index is 9.48. The lowest BCUT2D eigenvalue weighted by Crippen LogP contribution is -2.47. The van der Waals surface area contributed by atoms with Gasteiger partial charge in [-0.05, 0) is 17.5 Å². The maximum atomic E-state index is 9.48. The molecule has 0 spiro atoms. The van der Waals surface area contributed by atoms with Gasteiger partial charge in [-0.25, -0.2) is 0 Å². The SMILES string of the molecule is CCC1=C[C@@H](N=[N+]=[N-])[C@@H](O)C(O)[C@H]1O. The van der Waals surface area contributed by atoms with Gasteiger partial charge in [0.2, 0.25) is 0 Å². The Morgan fingerprint density at radius 2 is 2.07 bits per heavy atom. The van der Waals surface area contributed by atoms with Crippen molar-refractivity contribution in [3.63, 3.8) is 0 Å². The Labute approximate surface area is 81.1 Å². The third-order valence-corrected chi connectivity index (χ3v) is 2.38. The van der Waals surface area contributed by atoms with Crippen LogP contribution in [0.4, 0.5) is 0 Å². The van der Waals surface area contributed by atoms with Gasteiger partial charge in [0, 0.05) is 4.91 Å². The molecule has 6 heteroatoms. The number of hydrogen-bond donors (Lipinski definition) is 3. The fourth-order valence-corrected chi connectivity index (χ4v) is 1.51. The summed E-state index contributed by atoms with van der Waals surface area (Å²) in [5.41, 5.74) is 8.80. The summed E-state index contributed by atoms with van der Waals surface area (Å²) < 4.78 is 0. The summed E-state index contributed by atoms with van der Waals surface area (Å²) in [5, 5.41) is 31.7. The Kier molecular flexibility index (Phi) is 3.49. The summed E-state index contributed by atoms with van der Waals surface area (Å²) >= 11 is 0. The smallest absolute Gasteiger partial charge is 0.110 e. The molecule has 0 heterocycles. The van der Waals surface area contributed by atoms with Crippen molar-refractivity contribution >= 4 is 0 Å². The van der Waals surface area contributed by atoms with Crippen molar-refractivity contribution in [2.45, 2.75) is 37.7 Å². The third-order valence-electron chi connectivity index (χ3n) is 2.38. The first-order chi connectivity index (χ1) is 6.61. The number of hydrogen-bond acceptors (Lipinski definition) is 4. The average Bonchev–Trinajstić information content (AvgIpc) is 2.19. The topological polar surface area (TPSA) is 109 Å². The van der Waals surface area contributed by atoms with E-state index in [9.17, 15) is 15.3 Å². The molecule has 0 saturated carbocycles. The molecule has 0 saturated heterocycles. The molecule has 0 radical (unpaired) electrons. The van der Waals surface area contributed by atoms with Gasteiger partial charge in [0.1, 0.15) is 12.2 Å². The van der Waals surface area contributed by atoms with E-state index >= 15 is 0 Å². The predicted octanol–water partition coefficient (Wildman–Crippen LogP) is 0.0980. The van der Waals surface area contributed by atoms with Crippen LogP contribution in [0, 0.1) is 0 Å². The normalized spacial score (nSPS) is 37.3. The molecular weight excluding hydrogens is 186 g/mol. The van der Waals surface area contributed by atoms with E-state index < -0.39 is 24.4 Å². The summed E-state index contributed by atoms with van der Waals surface area (Å²) in [6.45, 7) is 1.81. The van der Waals surface area contributed by atoms with Crippen molar-refractivity contribution in [3.05, 3.63) is 22.1 Å². The standard InChI is InChI=1S/C8H13N3O3/c1-2-4-3-5(10-11-9)7(13)8(14)6(4)12/h3,5-8,12-14H,2H2,1H3/t5-,6+,7-,8?/m1/s1. The van der Waals surface area contributed by atoms with Gasteiger partial charge < -0.3 is 15.3 Å². The van der Waals surface area contributed by atoms with Crippen LogP contribution >= 0.6 is 0 Å². The molecule has 6 nitrogen and oxygen atoms in total. The molecule has 3 N–H and O–H groups in total. The summed E-state index contributed by atoms with van der Waals surface area (Å²) in [7, 11) is 0. The van der Waals surface area contributed by atoms with Crippen molar-refractivity contribution < 1.29 is 15.3 Å². The average molecular weight is 199 g/mol. The Morgan fingerprint density at radius 1 is 1.43 bits per heavy atom. The highest BCUT2D eigenvalue weighted by Crippen LogP contribution is 2.24. The zero-order chi connectivity index (χ0) is 10.7. The molecule has 1 rings (SSSR count). The molecule has 0 aromatic rings. The molecule has 0 fully saturated rings. The maximum Gasteiger partial charge on any atom is 0.110 e. The Morgan fingerprint density at radius 3 is 2.57 bits per heavy atom. The first kappa shape index (κ1) is 11.0. The van der Waals surface area contributed by atoms with E-state index in [2.05, 4.69) is 10.0 Å². The van der Waals surface area contributed by atoms with Crippen molar-refractivity contribution in [2.24, 2.45) is 5.11 Å². The van der Waals surface area contributed by atoms with E-state index in [0.29, 0.717) is 12.0 Å². The van der Waals surface area contributed by atoms with Crippen LogP contribution in [0.2, 0.25) is 0 Å². The largest absolute Gasteiger partial charge is 0.390 e. The van der Waals surface area contributed by atoms with E-state index in [4.69, 9.17) is 5.53 Å². The number of azide groups is 1. The summed E-state index contributed by atoms with van der Waals surface area (Å²) in [6, 6.07) is -0.798. The van der Waals surface area contributed by atoms with Gasteiger partial charge in [0.15, 0.2) is 0 Å². The highest BCUT2D eigenvalue weighted by atomic mass is 16.4.